The molecule has 0 atom stereocenters. The van der Waals surface area contributed by atoms with Gasteiger partial charge < -0.3 is 10.2 Å². The number of anilines is 2. The molecule has 1 N–H and O–H groups in total. The van der Waals surface area contributed by atoms with Gasteiger partial charge in [-0.1, -0.05) is 19.3 Å². The number of hydrogen-bond donors (Lipinski definition) is 1. The molecule has 18 heavy (non-hydrogen) atoms. The lowest BCUT2D eigenvalue weighted by Gasteiger charge is -2.35. The molecule has 1 aromatic rings. The molecule has 1 aromatic heterocycles. The van der Waals surface area contributed by atoms with Crippen molar-refractivity contribution in [3.05, 3.63) is 10.8 Å². The van der Waals surface area contributed by atoms with E-state index in [1.54, 1.807) is 6.33 Å². The predicted molar refractivity (Wildman–Crippen MR) is 79.2 cm³/mol. The lowest BCUT2D eigenvalue weighted by atomic mass is 9.94. The van der Waals surface area contributed by atoms with Gasteiger partial charge in [-0.3, -0.25) is 0 Å². The molecule has 4 nitrogen and oxygen atoms in total. The van der Waals surface area contributed by atoms with Crippen molar-refractivity contribution < 1.29 is 0 Å². The van der Waals surface area contributed by atoms with Gasteiger partial charge in [-0.2, -0.15) is 0 Å². The monoisotopic (exact) mass is 312 g/mol. The molecule has 100 valence electrons. The Balaban J connectivity index is 2.26. The molecule has 0 amide bonds. The van der Waals surface area contributed by atoms with E-state index in [0.29, 0.717) is 6.04 Å². The number of rotatable bonds is 4. The van der Waals surface area contributed by atoms with E-state index in [0.717, 1.165) is 22.7 Å². The fourth-order valence-electron chi connectivity index (χ4n) is 2.71. The van der Waals surface area contributed by atoms with E-state index in [1.165, 1.54) is 32.1 Å². The van der Waals surface area contributed by atoms with Crippen LogP contribution in [0.15, 0.2) is 10.8 Å². The number of nitrogens with zero attached hydrogens (tertiary/aromatic N) is 3. The maximum absolute atomic E-state index is 4.46. The van der Waals surface area contributed by atoms with Gasteiger partial charge in [-0.05, 0) is 35.7 Å². The van der Waals surface area contributed by atoms with Crippen molar-refractivity contribution in [2.75, 3.05) is 23.8 Å². The molecule has 1 aliphatic rings. The molecule has 5 heteroatoms. The van der Waals surface area contributed by atoms with E-state index < -0.39 is 0 Å². The van der Waals surface area contributed by atoms with E-state index in [-0.39, 0.29) is 0 Å². The molecule has 0 bridgehead atoms. The minimum absolute atomic E-state index is 0.625. The van der Waals surface area contributed by atoms with Gasteiger partial charge in [-0.25, -0.2) is 9.97 Å². The Morgan fingerprint density at radius 2 is 2.06 bits per heavy atom. The zero-order valence-corrected chi connectivity index (χ0v) is 12.7. The van der Waals surface area contributed by atoms with Crippen molar-refractivity contribution in [3.63, 3.8) is 0 Å². The van der Waals surface area contributed by atoms with Crippen LogP contribution in [0.4, 0.5) is 11.6 Å². The minimum atomic E-state index is 0.625. The Morgan fingerprint density at radius 1 is 1.33 bits per heavy atom. The minimum Gasteiger partial charge on any atom is -0.372 e. The summed E-state index contributed by atoms with van der Waals surface area (Å²) in [4.78, 5) is 11.1. The summed E-state index contributed by atoms with van der Waals surface area (Å²) in [5.74, 6) is 1.87. The summed E-state index contributed by atoms with van der Waals surface area (Å²) in [6.45, 7) is 3.19. The summed E-state index contributed by atoms with van der Waals surface area (Å²) in [6.07, 6.45) is 8.24. The van der Waals surface area contributed by atoms with Crippen LogP contribution in [-0.4, -0.2) is 29.6 Å². The molecule has 0 radical (unpaired) electrons. The van der Waals surface area contributed by atoms with Gasteiger partial charge in [0.2, 0.25) is 0 Å². The first-order chi connectivity index (χ1) is 8.77. The summed E-state index contributed by atoms with van der Waals surface area (Å²) in [7, 11) is 1.88. The third-order valence-electron chi connectivity index (χ3n) is 3.64. The number of nitrogens with one attached hydrogen (secondary N) is 1. The van der Waals surface area contributed by atoms with Gasteiger partial charge >= 0.3 is 0 Å². The van der Waals surface area contributed by atoms with Gasteiger partial charge in [0.25, 0.3) is 0 Å². The first-order valence-corrected chi connectivity index (χ1v) is 7.52. The predicted octanol–water partition coefficient (Wildman–Crippen LogP) is 3.44. The van der Waals surface area contributed by atoms with Crippen LogP contribution in [-0.2, 0) is 0 Å². The highest BCUT2D eigenvalue weighted by atomic mass is 79.9. The molecular formula is C13H21BrN4. The van der Waals surface area contributed by atoms with Gasteiger partial charge in [-0.15, -0.1) is 0 Å². The highest BCUT2D eigenvalue weighted by Gasteiger charge is 2.23. The zero-order valence-electron chi connectivity index (χ0n) is 11.1. The molecule has 1 heterocycles. The Labute approximate surface area is 117 Å². The summed E-state index contributed by atoms with van der Waals surface area (Å²) in [5, 5.41) is 3.09. The molecule has 1 aliphatic carbocycles. The summed E-state index contributed by atoms with van der Waals surface area (Å²) < 4.78 is 0.972. The lowest BCUT2D eigenvalue weighted by molar-refractivity contribution is 0.416. The van der Waals surface area contributed by atoms with Crippen LogP contribution in [0, 0.1) is 0 Å². The number of hydrogen-bond acceptors (Lipinski definition) is 4. The van der Waals surface area contributed by atoms with E-state index in [2.05, 4.69) is 43.0 Å². The zero-order chi connectivity index (χ0) is 13.0. The van der Waals surface area contributed by atoms with E-state index in [1.807, 2.05) is 7.05 Å². The van der Waals surface area contributed by atoms with Crippen LogP contribution in [0.3, 0.4) is 0 Å². The van der Waals surface area contributed by atoms with Crippen molar-refractivity contribution in [3.8, 4) is 0 Å². The standard InChI is InChI=1S/C13H21BrN4/c1-3-18(10-7-5-4-6-8-10)13-11(14)12(15-2)16-9-17-13/h9-10H,3-8H2,1-2H3,(H,15,16,17). The fraction of sp³-hybridized carbons (Fsp3) is 0.692. The van der Waals surface area contributed by atoms with E-state index in [4.69, 9.17) is 0 Å². The second-order valence-corrected chi connectivity index (χ2v) is 5.48. The topological polar surface area (TPSA) is 41.1 Å². The Hall–Kier alpha value is -0.840. The number of halogens is 1. The molecule has 1 saturated carbocycles. The van der Waals surface area contributed by atoms with Crippen LogP contribution in [0.5, 0.6) is 0 Å². The van der Waals surface area contributed by atoms with Crippen LogP contribution >= 0.6 is 15.9 Å². The molecule has 0 aromatic carbocycles. The third-order valence-corrected chi connectivity index (χ3v) is 4.37. The average Bonchev–Trinajstić information content (AvgIpc) is 2.43. The second-order valence-electron chi connectivity index (χ2n) is 4.69. The smallest absolute Gasteiger partial charge is 0.148 e. The van der Waals surface area contributed by atoms with Crippen molar-refractivity contribution in [1.82, 2.24) is 9.97 Å². The molecular weight excluding hydrogens is 292 g/mol. The highest BCUT2D eigenvalue weighted by molar-refractivity contribution is 9.10. The molecule has 0 spiro atoms. The van der Waals surface area contributed by atoms with Gasteiger partial charge in [0.1, 0.15) is 22.4 Å². The van der Waals surface area contributed by atoms with Crippen LogP contribution in [0.2, 0.25) is 0 Å². The Bertz CT molecular complexity index is 391. The Morgan fingerprint density at radius 3 is 2.67 bits per heavy atom. The van der Waals surface area contributed by atoms with Crippen molar-refractivity contribution in [2.24, 2.45) is 0 Å². The lowest BCUT2D eigenvalue weighted by Crippen LogP contribution is -2.37. The van der Waals surface area contributed by atoms with Gasteiger partial charge in [0.15, 0.2) is 0 Å². The second kappa shape index (κ2) is 6.36. The maximum Gasteiger partial charge on any atom is 0.148 e. The normalized spacial score (nSPS) is 16.6. The molecule has 1 fully saturated rings. The summed E-state index contributed by atoms with van der Waals surface area (Å²) in [6, 6.07) is 0.625. The van der Waals surface area contributed by atoms with Crippen molar-refractivity contribution in [1.29, 1.82) is 0 Å². The molecule has 0 unspecified atom stereocenters. The van der Waals surface area contributed by atoms with Crippen molar-refractivity contribution in [2.45, 2.75) is 45.1 Å². The van der Waals surface area contributed by atoms with Crippen LogP contribution < -0.4 is 10.2 Å². The van der Waals surface area contributed by atoms with E-state index >= 15 is 0 Å². The molecule has 0 aliphatic heterocycles. The highest BCUT2D eigenvalue weighted by Crippen LogP contribution is 2.33. The third kappa shape index (κ3) is 2.76. The van der Waals surface area contributed by atoms with E-state index in [9.17, 15) is 0 Å². The van der Waals surface area contributed by atoms with Crippen LogP contribution in [0.1, 0.15) is 39.0 Å². The van der Waals surface area contributed by atoms with Crippen LogP contribution in [0.25, 0.3) is 0 Å². The first kappa shape index (κ1) is 13.6. The SMILES string of the molecule is CCN(c1ncnc(NC)c1Br)C1CCCCC1. The fourth-order valence-corrected chi connectivity index (χ4v) is 3.34. The van der Waals surface area contributed by atoms with Gasteiger partial charge in [0.05, 0.1) is 0 Å². The Kier molecular flexibility index (Phi) is 4.80. The largest absolute Gasteiger partial charge is 0.372 e. The average molecular weight is 313 g/mol. The number of aromatic nitrogens is 2. The summed E-state index contributed by atoms with van der Waals surface area (Å²) in [5.41, 5.74) is 0. The quantitative estimate of drug-likeness (QED) is 0.924. The van der Waals surface area contributed by atoms with Crippen molar-refractivity contribution >= 4 is 27.6 Å². The summed E-state index contributed by atoms with van der Waals surface area (Å²) >= 11 is 3.62. The first-order valence-electron chi connectivity index (χ1n) is 6.72. The molecule has 2 rings (SSSR count). The molecule has 0 saturated heterocycles. The van der Waals surface area contributed by atoms with Gasteiger partial charge in [0, 0.05) is 19.6 Å². The maximum atomic E-state index is 4.46.